The van der Waals surface area contributed by atoms with Gasteiger partial charge in [0.05, 0.1) is 0 Å². The number of hydrogen-bond acceptors (Lipinski definition) is 3. The van der Waals surface area contributed by atoms with Crippen LogP contribution >= 0.6 is 0 Å². The van der Waals surface area contributed by atoms with Crippen LogP contribution < -0.4 is 5.73 Å². The van der Waals surface area contributed by atoms with E-state index in [-0.39, 0.29) is 0 Å². The summed E-state index contributed by atoms with van der Waals surface area (Å²) >= 11 is 0. The topological polar surface area (TPSA) is 52.0 Å². The van der Waals surface area contributed by atoms with Crippen LogP contribution in [0.2, 0.25) is 0 Å². The van der Waals surface area contributed by atoms with Crippen molar-refractivity contribution in [1.82, 2.24) is 5.16 Å². The molecule has 0 bridgehead atoms. The van der Waals surface area contributed by atoms with Gasteiger partial charge in [0.2, 0.25) is 0 Å². The van der Waals surface area contributed by atoms with Crippen LogP contribution in [0.15, 0.2) is 4.52 Å². The molecular formula is C9H14N2O. The van der Waals surface area contributed by atoms with Gasteiger partial charge in [0.15, 0.2) is 5.82 Å². The molecule has 1 saturated carbocycles. The maximum Gasteiger partial charge on any atom is 0.170 e. The Morgan fingerprint density at radius 1 is 1.67 bits per heavy atom. The SMILES string of the molecule is CCc1c(N)noc1C1CC1C. The van der Waals surface area contributed by atoms with Crippen molar-refractivity contribution in [3.8, 4) is 0 Å². The van der Waals surface area contributed by atoms with Gasteiger partial charge >= 0.3 is 0 Å². The van der Waals surface area contributed by atoms with E-state index in [9.17, 15) is 0 Å². The van der Waals surface area contributed by atoms with Gasteiger partial charge in [0, 0.05) is 11.5 Å². The molecule has 3 nitrogen and oxygen atoms in total. The van der Waals surface area contributed by atoms with Crippen molar-refractivity contribution in [2.24, 2.45) is 5.92 Å². The fraction of sp³-hybridized carbons (Fsp3) is 0.667. The lowest BCUT2D eigenvalue weighted by Gasteiger charge is -1.94. The number of aromatic nitrogens is 1. The molecule has 2 rings (SSSR count). The summed E-state index contributed by atoms with van der Waals surface area (Å²) in [6.45, 7) is 4.31. The smallest absolute Gasteiger partial charge is 0.170 e. The van der Waals surface area contributed by atoms with E-state index >= 15 is 0 Å². The lowest BCUT2D eigenvalue weighted by atomic mass is 10.1. The largest absolute Gasteiger partial charge is 0.381 e. The van der Waals surface area contributed by atoms with Gasteiger partial charge in [-0.3, -0.25) is 0 Å². The third-order valence-electron chi connectivity index (χ3n) is 2.65. The first kappa shape index (κ1) is 7.65. The average Bonchev–Trinajstić information content (AvgIpc) is 2.63. The van der Waals surface area contributed by atoms with E-state index in [2.05, 4.69) is 19.0 Å². The Labute approximate surface area is 71.9 Å². The van der Waals surface area contributed by atoms with Crippen LogP contribution in [0.3, 0.4) is 0 Å². The summed E-state index contributed by atoms with van der Waals surface area (Å²) in [7, 11) is 0. The van der Waals surface area contributed by atoms with Crippen molar-refractivity contribution < 1.29 is 4.52 Å². The minimum Gasteiger partial charge on any atom is -0.381 e. The third kappa shape index (κ3) is 1.00. The van der Waals surface area contributed by atoms with Gasteiger partial charge in [-0.2, -0.15) is 0 Å². The second kappa shape index (κ2) is 2.51. The first-order valence-electron chi connectivity index (χ1n) is 4.48. The zero-order valence-corrected chi connectivity index (χ0v) is 7.50. The van der Waals surface area contributed by atoms with Crippen LogP contribution in [0.1, 0.15) is 37.5 Å². The van der Waals surface area contributed by atoms with Crippen LogP contribution in [0, 0.1) is 5.92 Å². The summed E-state index contributed by atoms with van der Waals surface area (Å²) in [5, 5.41) is 3.79. The Hall–Kier alpha value is -0.990. The van der Waals surface area contributed by atoms with Crippen LogP contribution in [-0.2, 0) is 6.42 Å². The normalized spacial score (nSPS) is 27.5. The molecule has 0 radical (unpaired) electrons. The van der Waals surface area contributed by atoms with E-state index < -0.39 is 0 Å². The summed E-state index contributed by atoms with van der Waals surface area (Å²) in [6, 6.07) is 0. The molecule has 1 aliphatic carbocycles. The highest BCUT2D eigenvalue weighted by Gasteiger charge is 2.39. The molecule has 0 spiro atoms. The summed E-state index contributed by atoms with van der Waals surface area (Å²) < 4.78 is 5.21. The molecule has 12 heavy (non-hydrogen) atoms. The van der Waals surface area contributed by atoms with Gasteiger partial charge in [0.25, 0.3) is 0 Å². The second-order valence-corrected chi connectivity index (χ2v) is 3.58. The predicted molar refractivity (Wildman–Crippen MR) is 46.8 cm³/mol. The Balaban J connectivity index is 2.31. The van der Waals surface area contributed by atoms with Crippen LogP contribution in [-0.4, -0.2) is 5.16 Å². The Morgan fingerprint density at radius 3 is 2.83 bits per heavy atom. The second-order valence-electron chi connectivity index (χ2n) is 3.58. The lowest BCUT2D eigenvalue weighted by molar-refractivity contribution is 0.382. The molecule has 1 aromatic rings. The molecule has 2 atom stereocenters. The zero-order chi connectivity index (χ0) is 8.72. The lowest BCUT2D eigenvalue weighted by Crippen LogP contribution is -1.92. The summed E-state index contributed by atoms with van der Waals surface area (Å²) in [4.78, 5) is 0. The number of hydrogen-bond donors (Lipinski definition) is 1. The molecule has 0 aromatic carbocycles. The van der Waals surface area contributed by atoms with Gasteiger partial charge in [-0.1, -0.05) is 19.0 Å². The quantitative estimate of drug-likeness (QED) is 0.730. The Kier molecular flexibility index (Phi) is 1.60. The van der Waals surface area contributed by atoms with Crippen LogP contribution in [0.25, 0.3) is 0 Å². The van der Waals surface area contributed by atoms with Crippen LogP contribution in [0.5, 0.6) is 0 Å². The molecule has 66 valence electrons. The molecule has 1 heterocycles. The molecular weight excluding hydrogens is 152 g/mol. The highest BCUT2D eigenvalue weighted by Crippen LogP contribution is 2.48. The third-order valence-corrected chi connectivity index (χ3v) is 2.65. The Morgan fingerprint density at radius 2 is 2.33 bits per heavy atom. The number of anilines is 1. The number of rotatable bonds is 2. The zero-order valence-electron chi connectivity index (χ0n) is 7.50. The summed E-state index contributed by atoms with van der Waals surface area (Å²) in [5.41, 5.74) is 6.77. The highest BCUT2D eigenvalue weighted by molar-refractivity contribution is 5.43. The number of nitrogens with zero attached hydrogens (tertiary/aromatic N) is 1. The van der Waals surface area contributed by atoms with E-state index in [4.69, 9.17) is 10.3 Å². The van der Waals surface area contributed by atoms with Gasteiger partial charge in [-0.05, 0) is 18.8 Å². The number of nitrogens with two attached hydrogens (primary N) is 1. The highest BCUT2D eigenvalue weighted by atomic mass is 16.5. The molecule has 1 aliphatic rings. The first-order chi connectivity index (χ1) is 5.74. The minimum absolute atomic E-state index is 0.576. The van der Waals surface area contributed by atoms with E-state index in [0.29, 0.717) is 11.7 Å². The summed E-state index contributed by atoms with van der Waals surface area (Å²) in [5.74, 6) is 2.95. The number of nitrogen functional groups attached to an aromatic ring is 1. The van der Waals surface area contributed by atoms with E-state index in [1.54, 1.807) is 0 Å². The molecule has 2 N–H and O–H groups in total. The molecule has 1 aromatic heterocycles. The fourth-order valence-electron chi connectivity index (χ4n) is 1.67. The van der Waals surface area contributed by atoms with Crippen molar-refractivity contribution in [1.29, 1.82) is 0 Å². The molecule has 2 unspecified atom stereocenters. The standard InChI is InChI=1S/C9H14N2O/c1-3-6-8(7-4-5(7)2)12-11-9(6)10/h5,7H,3-4H2,1-2H3,(H2,10,11). The maximum atomic E-state index is 5.66. The Bertz CT molecular complexity index is 293. The van der Waals surface area contributed by atoms with E-state index in [1.165, 1.54) is 6.42 Å². The van der Waals surface area contributed by atoms with Gasteiger partial charge in [0.1, 0.15) is 5.76 Å². The van der Waals surface area contributed by atoms with Gasteiger partial charge < -0.3 is 10.3 Å². The van der Waals surface area contributed by atoms with Gasteiger partial charge in [-0.25, -0.2) is 0 Å². The molecule has 0 amide bonds. The minimum atomic E-state index is 0.576. The van der Waals surface area contributed by atoms with Gasteiger partial charge in [-0.15, -0.1) is 0 Å². The van der Waals surface area contributed by atoms with Crippen molar-refractivity contribution in [2.45, 2.75) is 32.6 Å². The van der Waals surface area contributed by atoms with Crippen molar-refractivity contribution in [3.63, 3.8) is 0 Å². The fourth-order valence-corrected chi connectivity index (χ4v) is 1.67. The predicted octanol–water partition coefficient (Wildman–Crippen LogP) is 1.94. The average molecular weight is 166 g/mol. The van der Waals surface area contributed by atoms with Crippen LogP contribution in [0.4, 0.5) is 5.82 Å². The molecule has 0 aliphatic heterocycles. The van der Waals surface area contributed by atoms with E-state index in [1.807, 2.05) is 0 Å². The van der Waals surface area contributed by atoms with Crippen molar-refractivity contribution in [3.05, 3.63) is 11.3 Å². The maximum absolute atomic E-state index is 5.66. The van der Waals surface area contributed by atoms with Crippen molar-refractivity contribution in [2.75, 3.05) is 5.73 Å². The van der Waals surface area contributed by atoms with E-state index in [0.717, 1.165) is 23.7 Å². The first-order valence-corrected chi connectivity index (χ1v) is 4.48. The van der Waals surface area contributed by atoms with Crippen molar-refractivity contribution >= 4 is 5.82 Å². The monoisotopic (exact) mass is 166 g/mol. The molecule has 1 fully saturated rings. The molecule has 3 heteroatoms. The summed E-state index contributed by atoms with van der Waals surface area (Å²) in [6.07, 6.45) is 2.15. The molecule has 0 saturated heterocycles.